The molecule has 3 rings (SSSR count). The first-order valence-electron chi connectivity index (χ1n) is 9.20. The second-order valence-electron chi connectivity index (χ2n) is 6.41. The molecule has 0 aliphatic carbocycles. The Kier molecular flexibility index (Phi) is 6.23. The van der Waals surface area contributed by atoms with Crippen molar-refractivity contribution in [3.63, 3.8) is 0 Å². The zero-order chi connectivity index (χ0) is 20.8. The van der Waals surface area contributed by atoms with Gasteiger partial charge in [0.1, 0.15) is 12.3 Å². The van der Waals surface area contributed by atoms with E-state index in [1.807, 2.05) is 44.2 Å². The topological polar surface area (TPSA) is 105 Å². The predicted octanol–water partition coefficient (Wildman–Crippen LogP) is 3.48. The van der Waals surface area contributed by atoms with Crippen molar-refractivity contribution in [1.82, 2.24) is 9.88 Å². The largest absolute Gasteiger partial charge is 0.493 e. The summed E-state index contributed by atoms with van der Waals surface area (Å²) in [6.45, 7) is 3.88. The molecule has 1 aromatic heterocycles. The number of benzene rings is 2. The van der Waals surface area contributed by atoms with Crippen molar-refractivity contribution in [2.45, 2.75) is 20.4 Å². The summed E-state index contributed by atoms with van der Waals surface area (Å²) in [4.78, 5) is 23.8. The minimum atomic E-state index is -0.638. The Morgan fingerprint density at radius 1 is 1.14 bits per heavy atom. The fraction of sp³-hybridized carbons (Fsp3) is 0.238. The number of nitrogens with one attached hydrogen (secondary N) is 1. The smallest absolute Gasteiger partial charge is 0.283 e. The molecule has 2 amide bonds. The van der Waals surface area contributed by atoms with Crippen molar-refractivity contribution in [3.8, 4) is 11.6 Å². The van der Waals surface area contributed by atoms with Crippen LogP contribution in [0.4, 0.5) is 5.69 Å². The number of nitrogens with zero attached hydrogens (tertiary/aromatic N) is 3. The van der Waals surface area contributed by atoms with Gasteiger partial charge in [-0.1, -0.05) is 35.9 Å². The third kappa shape index (κ3) is 4.78. The minimum absolute atomic E-state index is 0.0548. The van der Waals surface area contributed by atoms with Crippen LogP contribution in [-0.4, -0.2) is 34.6 Å². The Bertz CT molecular complexity index is 1050. The zero-order valence-corrected chi connectivity index (χ0v) is 16.3. The van der Waals surface area contributed by atoms with Crippen LogP contribution in [0.5, 0.6) is 11.6 Å². The maximum absolute atomic E-state index is 12.0. The van der Waals surface area contributed by atoms with Crippen LogP contribution in [0.2, 0.25) is 0 Å². The molecule has 150 valence electrons. The molecule has 8 nitrogen and oxygen atoms in total. The summed E-state index contributed by atoms with van der Waals surface area (Å²) in [7, 11) is 0. The van der Waals surface area contributed by atoms with E-state index >= 15 is 0 Å². The van der Waals surface area contributed by atoms with Crippen LogP contribution >= 0.6 is 0 Å². The van der Waals surface area contributed by atoms with Gasteiger partial charge in [0, 0.05) is 11.9 Å². The average Bonchev–Trinajstić information content (AvgIpc) is 3.00. The summed E-state index contributed by atoms with van der Waals surface area (Å²) < 4.78 is 7.03. The van der Waals surface area contributed by atoms with E-state index in [2.05, 4.69) is 15.5 Å². The Morgan fingerprint density at radius 2 is 1.86 bits per heavy atom. The van der Waals surface area contributed by atoms with E-state index in [0.29, 0.717) is 17.7 Å². The fourth-order valence-electron chi connectivity index (χ4n) is 2.84. The second kappa shape index (κ2) is 9.01. The first kappa shape index (κ1) is 20.1. The van der Waals surface area contributed by atoms with E-state index in [1.54, 1.807) is 22.8 Å². The highest BCUT2D eigenvalue weighted by molar-refractivity contribution is 5.95. The van der Waals surface area contributed by atoms with Crippen molar-refractivity contribution < 1.29 is 19.4 Å². The Labute approximate surface area is 167 Å². The van der Waals surface area contributed by atoms with Crippen molar-refractivity contribution in [3.05, 3.63) is 54.1 Å². The molecule has 2 N–H and O–H groups in total. The molecule has 8 heteroatoms. The van der Waals surface area contributed by atoms with Crippen LogP contribution in [0.3, 0.4) is 0 Å². The number of para-hydroxylation sites is 1. The van der Waals surface area contributed by atoms with E-state index in [4.69, 9.17) is 4.74 Å². The van der Waals surface area contributed by atoms with Gasteiger partial charge in [-0.05, 0) is 32.0 Å². The van der Waals surface area contributed by atoms with Gasteiger partial charge in [-0.25, -0.2) is 0 Å². The first-order chi connectivity index (χ1) is 14.0. The number of rotatable bonds is 7. The quantitative estimate of drug-likeness (QED) is 0.599. The molecule has 0 unspecified atom stereocenters. The van der Waals surface area contributed by atoms with E-state index < -0.39 is 11.8 Å². The number of aromatic nitrogens is 1. The molecule has 0 radical (unpaired) electrons. The van der Waals surface area contributed by atoms with E-state index in [9.17, 15) is 14.7 Å². The molecule has 0 bridgehead atoms. The lowest BCUT2D eigenvalue weighted by atomic mass is 10.2. The van der Waals surface area contributed by atoms with Gasteiger partial charge in [0.05, 0.1) is 5.52 Å². The molecule has 0 aliphatic heterocycles. The number of carbonyl (C=O) groups is 2. The van der Waals surface area contributed by atoms with Crippen molar-refractivity contribution in [2.24, 2.45) is 10.2 Å². The van der Waals surface area contributed by atoms with Gasteiger partial charge in [-0.2, -0.15) is 0 Å². The third-order valence-electron chi connectivity index (χ3n) is 4.32. The lowest BCUT2D eigenvalue weighted by molar-refractivity contribution is -0.126. The Morgan fingerprint density at radius 3 is 2.59 bits per heavy atom. The standard InChI is InChI=1S/C21H22N4O4/c1-3-25-17-7-5-4-6-16(17)20(21(25)28)24-23-18(26)12-22-19(27)13-29-15-10-8-14(2)9-11-15/h4-11,28H,3,12-13H2,1-2H3,(H,22,27). The van der Waals surface area contributed by atoms with Crippen molar-refractivity contribution in [2.75, 3.05) is 13.2 Å². The van der Waals surface area contributed by atoms with Crippen LogP contribution < -0.4 is 10.1 Å². The monoisotopic (exact) mass is 394 g/mol. The van der Waals surface area contributed by atoms with Crippen LogP contribution in [-0.2, 0) is 16.1 Å². The van der Waals surface area contributed by atoms with E-state index in [-0.39, 0.29) is 24.7 Å². The summed E-state index contributed by atoms with van der Waals surface area (Å²) in [5, 5.41) is 21.0. The predicted molar refractivity (Wildman–Crippen MR) is 108 cm³/mol. The molecular weight excluding hydrogens is 372 g/mol. The molecule has 29 heavy (non-hydrogen) atoms. The number of fused-ring (bicyclic) bond motifs is 1. The highest BCUT2D eigenvalue weighted by Crippen LogP contribution is 2.38. The molecule has 0 saturated heterocycles. The SMILES string of the molecule is CCn1c(O)c(N=NC(=O)CNC(=O)COc2ccc(C)cc2)c2ccccc21. The van der Waals surface area contributed by atoms with Gasteiger partial charge < -0.3 is 19.7 Å². The lowest BCUT2D eigenvalue weighted by Gasteiger charge is -2.06. The maximum Gasteiger partial charge on any atom is 0.283 e. The second-order valence-corrected chi connectivity index (χ2v) is 6.41. The molecule has 0 saturated carbocycles. The van der Waals surface area contributed by atoms with Crippen LogP contribution in [0.1, 0.15) is 12.5 Å². The molecule has 3 aromatic rings. The summed E-state index contributed by atoms with van der Waals surface area (Å²) >= 11 is 0. The molecule has 0 aliphatic rings. The van der Waals surface area contributed by atoms with E-state index in [1.165, 1.54) is 0 Å². The molecule has 1 heterocycles. The molecule has 0 spiro atoms. The number of azo groups is 1. The first-order valence-corrected chi connectivity index (χ1v) is 9.20. The molecule has 2 aromatic carbocycles. The van der Waals surface area contributed by atoms with Crippen LogP contribution in [0.25, 0.3) is 10.9 Å². The molecule has 0 fully saturated rings. The van der Waals surface area contributed by atoms with Gasteiger partial charge in [0.25, 0.3) is 11.8 Å². The summed E-state index contributed by atoms with van der Waals surface area (Å²) in [5.41, 5.74) is 2.12. The fourth-order valence-corrected chi connectivity index (χ4v) is 2.84. The Hall–Kier alpha value is -3.68. The highest BCUT2D eigenvalue weighted by Gasteiger charge is 2.15. The average molecular weight is 394 g/mol. The number of hydrogen-bond donors (Lipinski definition) is 2. The molecule has 0 atom stereocenters. The van der Waals surface area contributed by atoms with Crippen molar-refractivity contribution in [1.29, 1.82) is 0 Å². The van der Waals surface area contributed by atoms with Gasteiger partial charge in [-0.3, -0.25) is 9.59 Å². The number of aryl methyl sites for hydroxylation is 2. The Balaban J connectivity index is 1.56. The number of carbonyl (C=O) groups excluding carboxylic acids is 2. The van der Waals surface area contributed by atoms with Crippen LogP contribution in [0.15, 0.2) is 58.8 Å². The minimum Gasteiger partial charge on any atom is -0.493 e. The summed E-state index contributed by atoms with van der Waals surface area (Å²) in [5.74, 6) is -0.568. The summed E-state index contributed by atoms with van der Waals surface area (Å²) in [6.07, 6.45) is 0. The maximum atomic E-state index is 12.0. The van der Waals surface area contributed by atoms with Gasteiger partial charge in [0.15, 0.2) is 12.3 Å². The van der Waals surface area contributed by atoms with Gasteiger partial charge >= 0.3 is 0 Å². The number of hydrogen-bond acceptors (Lipinski definition) is 5. The zero-order valence-electron chi connectivity index (χ0n) is 16.3. The van der Waals surface area contributed by atoms with Gasteiger partial charge in [-0.15, -0.1) is 10.2 Å². The third-order valence-corrected chi connectivity index (χ3v) is 4.32. The number of amides is 2. The van der Waals surface area contributed by atoms with Crippen molar-refractivity contribution >= 4 is 28.4 Å². The van der Waals surface area contributed by atoms with Crippen LogP contribution in [0, 0.1) is 6.92 Å². The summed E-state index contributed by atoms with van der Waals surface area (Å²) in [6, 6.07) is 14.6. The highest BCUT2D eigenvalue weighted by atomic mass is 16.5. The molecular formula is C21H22N4O4. The normalized spacial score (nSPS) is 11.1. The van der Waals surface area contributed by atoms with E-state index in [0.717, 1.165) is 11.1 Å². The number of ether oxygens (including phenoxy) is 1. The van der Waals surface area contributed by atoms with Gasteiger partial charge in [0.2, 0.25) is 5.88 Å². The number of aromatic hydroxyl groups is 1. The lowest BCUT2D eigenvalue weighted by Crippen LogP contribution is -2.32.